The van der Waals surface area contributed by atoms with Gasteiger partial charge in [0, 0.05) is 25.2 Å². The number of hydrogen-bond acceptors (Lipinski definition) is 4. The van der Waals surface area contributed by atoms with Crippen LogP contribution in [0.15, 0.2) is 18.2 Å². The van der Waals surface area contributed by atoms with Crippen molar-refractivity contribution in [3.8, 4) is 11.8 Å². The minimum atomic E-state index is -0.112. The summed E-state index contributed by atoms with van der Waals surface area (Å²) >= 11 is 0. The van der Waals surface area contributed by atoms with Crippen LogP contribution in [0.5, 0.6) is 11.8 Å². The van der Waals surface area contributed by atoms with E-state index in [2.05, 4.69) is 17.2 Å². The van der Waals surface area contributed by atoms with Gasteiger partial charge in [0.15, 0.2) is 0 Å². The van der Waals surface area contributed by atoms with Crippen molar-refractivity contribution in [2.24, 2.45) is 0 Å². The quantitative estimate of drug-likeness (QED) is 0.774. The minimum absolute atomic E-state index is 0.112. The molecule has 0 radical (unpaired) electrons. The lowest BCUT2D eigenvalue weighted by Gasteiger charge is -2.38. The monoisotopic (exact) mass is 194 g/mol. The highest BCUT2D eigenvalue weighted by molar-refractivity contribution is 5.20. The summed E-state index contributed by atoms with van der Waals surface area (Å²) in [4.78, 5) is 4.19. The molecule has 4 heteroatoms. The maximum atomic E-state index is 5.73. The van der Waals surface area contributed by atoms with Crippen molar-refractivity contribution < 1.29 is 9.47 Å². The molecule has 0 spiro atoms. The predicted octanol–water partition coefficient (Wildman–Crippen LogP) is 0.831. The lowest BCUT2D eigenvalue weighted by molar-refractivity contribution is 0.0300. The van der Waals surface area contributed by atoms with E-state index in [0.717, 1.165) is 13.1 Å². The molecule has 4 nitrogen and oxygen atoms in total. The molecular formula is C10H14N2O2. The van der Waals surface area contributed by atoms with E-state index < -0.39 is 0 Å². The summed E-state index contributed by atoms with van der Waals surface area (Å²) in [5.41, 5.74) is -0.112. The maximum absolute atomic E-state index is 5.73. The molecule has 1 aliphatic heterocycles. The molecule has 2 rings (SSSR count). The first-order valence-corrected chi connectivity index (χ1v) is 4.63. The first kappa shape index (κ1) is 9.27. The van der Waals surface area contributed by atoms with Gasteiger partial charge in [0.25, 0.3) is 0 Å². The second-order valence-corrected chi connectivity index (χ2v) is 3.67. The average Bonchev–Trinajstić information content (AvgIpc) is 2.16. The molecule has 0 unspecified atom stereocenters. The summed E-state index contributed by atoms with van der Waals surface area (Å²) in [6, 6.07) is 5.51. The Bertz CT molecular complexity index is 324. The molecule has 0 aromatic carbocycles. The molecule has 1 aliphatic rings. The molecule has 0 amide bonds. The molecular weight excluding hydrogens is 180 g/mol. The maximum Gasteiger partial charge on any atom is 0.217 e. The van der Waals surface area contributed by atoms with Gasteiger partial charge in [-0.3, -0.25) is 0 Å². The number of nitrogens with one attached hydrogen (secondary N) is 1. The second kappa shape index (κ2) is 3.46. The van der Waals surface area contributed by atoms with E-state index in [1.165, 1.54) is 0 Å². The third-order valence-electron chi connectivity index (χ3n) is 2.26. The number of nitrogens with zero attached hydrogens (tertiary/aromatic N) is 1. The van der Waals surface area contributed by atoms with Crippen molar-refractivity contribution in [2.45, 2.75) is 12.5 Å². The van der Waals surface area contributed by atoms with Crippen LogP contribution in [0, 0.1) is 0 Å². The summed E-state index contributed by atoms with van der Waals surface area (Å²) in [5, 5.41) is 3.17. The normalized spacial score (nSPS) is 18.4. The Labute approximate surface area is 83.2 Å². The van der Waals surface area contributed by atoms with Gasteiger partial charge in [-0.05, 0) is 6.92 Å². The highest BCUT2D eigenvalue weighted by atomic mass is 16.5. The van der Waals surface area contributed by atoms with E-state index in [4.69, 9.17) is 9.47 Å². The van der Waals surface area contributed by atoms with Gasteiger partial charge < -0.3 is 14.8 Å². The molecule has 1 saturated heterocycles. The molecule has 0 bridgehead atoms. The highest BCUT2D eigenvalue weighted by Gasteiger charge is 2.34. The minimum Gasteiger partial charge on any atom is -0.481 e. The van der Waals surface area contributed by atoms with Crippen LogP contribution in [0.1, 0.15) is 6.92 Å². The van der Waals surface area contributed by atoms with Crippen LogP contribution in [0.25, 0.3) is 0 Å². The van der Waals surface area contributed by atoms with Crippen LogP contribution in [0.2, 0.25) is 0 Å². The topological polar surface area (TPSA) is 43.4 Å². The van der Waals surface area contributed by atoms with E-state index in [1.807, 2.05) is 12.1 Å². The lowest BCUT2D eigenvalue weighted by Crippen LogP contribution is -2.61. The van der Waals surface area contributed by atoms with Crippen LogP contribution in [0.3, 0.4) is 0 Å². The van der Waals surface area contributed by atoms with E-state index in [-0.39, 0.29) is 5.60 Å². The fraction of sp³-hybridized carbons (Fsp3) is 0.500. The first-order valence-electron chi connectivity index (χ1n) is 4.63. The van der Waals surface area contributed by atoms with E-state index in [9.17, 15) is 0 Å². The predicted molar refractivity (Wildman–Crippen MR) is 52.7 cm³/mol. The Balaban J connectivity index is 2.08. The zero-order valence-corrected chi connectivity index (χ0v) is 8.41. The summed E-state index contributed by atoms with van der Waals surface area (Å²) in [6.07, 6.45) is 0. The van der Waals surface area contributed by atoms with Crippen molar-refractivity contribution in [1.29, 1.82) is 0 Å². The SMILES string of the molecule is COc1cccc(OC2(C)CNC2)n1. The van der Waals surface area contributed by atoms with Crippen molar-refractivity contribution in [3.05, 3.63) is 18.2 Å². The van der Waals surface area contributed by atoms with Crippen molar-refractivity contribution in [1.82, 2.24) is 10.3 Å². The number of ether oxygens (including phenoxy) is 2. The molecule has 1 fully saturated rings. The average molecular weight is 194 g/mol. The molecule has 0 aliphatic carbocycles. The Hall–Kier alpha value is -1.29. The van der Waals surface area contributed by atoms with E-state index >= 15 is 0 Å². The largest absolute Gasteiger partial charge is 0.481 e. The number of rotatable bonds is 3. The summed E-state index contributed by atoms with van der Waals surface area (Å²) in [5.74, 6) is 1.20. The molecule has 1 aromatic rings. The Morgan fingerprint density at radius 2 is 2.07 bits per heavy atom. The van der Waals surface area contributed by atoms with Gasteiger partial charge in [0.1, 0.15) is 5.60 Å². The van der Waals surface area contributed by atoms with Gasteiger partial charge in [-0.1, -0.05) is 6.07 Å². The fourth-order valence-corrected chi connectivity index (χ4v) is 1.37. The molecule has 0 atom stereocenters. The Kier molecular flexibility index (Phi) is 2.29. The van der Waals surface area contributed by atoms with Gasteiger partial charge in [-0.2, -0.15) is 4.98 Å². The fourth-order valence-electron chi connectivity index (χ4n) is 1.37. The molecule has 1 aromatic heterocycles. The third kappa shape index (κ3) is 1.80. The van der Waals surface area contributed by atoms with Crippen LogP contribution < -0.4 is 14.8 Å². The lowest BCUT2D eigenvalue weighted by atomic mass is 10.0. The van der Waals surface area contributed by atoms with E-state index in [1.54, 1.807) is 13.2 Å². The zero-order chi connectivity index (χ0) is 10.0. The molecule has 0 saturated carbocycles. The van der Waals surface area contributed by atoms with Gasteiger partial charge >= 0.3 is 0 Å². The standard InChI is InChI=1S/C10H14N2O2/c1-10(6-11-7-10)14-9-5-3-4-8(12-9)13-2/h3-5,11H,6-7H2,1-2H3. The van der Waals surface area contributed by atoms with Gasteiger partial charge in [-0.25, -0.2) is 0 Å². The second-order valence-electron chi connectivity index (χ2n) is 3.67. The molecule has 2 heterocycles. The Morgan fingerprint density at radius 1 is 1.36 bits per heavy atom. The van der Waals surface area contributed by atoms with Crippen LogP contribution in [-0.4, -0.2) is 30.8 Å². The van der Waals surface area contributed by atoms with Gasteiger partial charge in [0.05, 0.1) is 7.11 Å². The van der Waals surface area contributed by atoms with Crippen molar-refractivity contribution >= 4 is 0 Å². The third-order valence-corrected chi connectivity index (χ3v) is 2.26. The van der Waals surface area contributed by atoms with Gasteiger partial charge in [0.2, 0.25) is 11.8 Å². The van der Waals surface area contributed by atoms with Crippen LogP contribution >= 0.6 is 0 Å². The Morgan fingerprint density at radius 3 is 2.64 bits per heavy atom. The number of hydrogen-bond donors (Lipinski definition) is 1. The first-order chi connectivity index (χ1) is 6.72. The smallest absolute Gasteiger partial charge is 0.217 e. The summed E-state index contributed by atoms with van der Waals surface area (Å²) < 4.78 is 10.7. The van der Waals surface area contributed by atoms with Crippen molar-refractivity contribution in [2.75, 3.05) is 20.2 Å². The number of pyridine rings is 1. The molecule has 1 N–H and O–H groups in total. The molecule has 76 valence electrons. The van der Waals surface area contributed by atoms with Crippen LogP contribution in [-0.2, 0) is 0 Å². The zero-order valence-electron chi connectivity index (χ0n) is 8.41. The van der Waals surface area contributed by atoms with Crippen molar-refractivity contribution in [3.63, 3.8) is 0 Å². The van der Waals surface area contributed by atoms with E-state index in [0.29, 0.717) is 11.8 Å². The summed E-state index contributed by atoms with van der Waals surface area (Å²) in [7, 11) is 1.60. The highest BCUT2D eigenvalue weighted by Crippen LogP contribution is 2.21. The number of aromatic nitrogens is 1. The summed E-state index contributed by atoms with van der Waals surface area (Å²) in [6.45, 7) is 3.79. The number of methoxy groups -OCH3 is 1. The van der Waals surface area contributed by atoms with Gasteiger partial charge in [-0.15, -0.1) is 0 Å². The van der Waals surface area contributed by atoms with Crippen LogP contribution in [0.4, 0.5) is 0 Å². The molecule has 14 heavy (non-hydrogen) atoms.